The molecule has 98 valence electrons. The second-order valence-corrected chi connectivity index (χ2v) is 4.57. The van der Waals surface area contributed by atoms with Crippen LogP contribution < -0.4 is 10.6 Å². The predicted octanol–water partition coefficient (Wildman–Crippen LogP) is 1.79. The second-order valence-electron chi connectivity index (χ2n) is 4.17. The van der Waals surface area contributed by atoms with Crippen LogP contribution in [0.4, 0.5) is 10.1 Å². The maximum absolute atomic E-state index is 13.0. The van der Waals surface area contributed by atoms with Gasteiger partial charge in [-0.3, -0.25) is 4.79 Å². The first-order valence-corrected chi connectivity index (χ1v) is 6.00. The zero-order valence-electron chi connectivity index (χ0n) is 9.87. The molecule has 1 aliphatic rings. The maximum Gasteiger partial charge on any atom is 0.241 e. The number of carbonyl (C=O) groups excluding carboxylic acids is 1. The van der Waals surface area contributed by atoms with Crippen molar-refractivity contribution in [1.29, 1.82) is 0 Å². The summed E-state index contributed by atoms with van der Waals surface area (Å²) in [6, 6.07) is 3.51. The van der Waals surface area contributed by atoms with Crippen molar-refractivity contribution >= 4 is 23.2 Å². The number of anilines is 1. The van der Waals surface area contributed by atoms with Crippen LogP contribution >= 0.6 is 11.6 Å². The predicted molar refractivity (Wildman–Crippen MR) is 67.2 cm³/mol. The Morgan fingerprint density at radius 1 is 1.61 bits per heavy atom. The van der Waals surface area contributed by atoms with Gasteiger partial charge in [0, 0.05) is 13.7 Å². The van der Waals surface area contributed by atoms with Crippen LogP contribution in [0.25, 0.3) is 0 Å². The van der Waals surface area contributed by atoms with Crippen molar-refractivity contribution in [3.8, 4) is 0 Å². The van der Waals surface area contributed by atoms with E-state index in [0.29, 0.717) is 18.0 Å². The number of ether oxygens (including phenoxy) is 1. The molecular weight excluding hydrogens is 259 g/mol. The van der Waals surface area contributed by atoms with E-state index < -0.39 is 5.82 Å². The van der Waals surface area contributed by atoms with E-state index in [0.717, 1.165) is 0 Å². The highest BCUT2D eigenvalue weighted by Gasteiger charge is 2.29. The number of benzene rings is 1. The molecule has 2 unspecified atom stereocenters. The second kappa shape index (κ2) is 5.65. The van der Waals surface area contributed by atoms with Crippen LogP contribution in [0, 0.1) is 5.82 Å². The minimum Gasteiger partial charge on any atom is -0.380 e. The van der Waals surface area contributed by atoms with Gasteiger partial charge >= 0.3 is 0 Å². The van der Waals surface area contributed by atoms with Crippen LogP contribution in [0.15, 0.2) is 18.2 Å². The van der Waals surface area contributed by atoms with Crippen LogP contribution in [0.3, 0.4) is 0 Å². The molecule has 0 aromatic heterocycles. The molecule has 1 heterocycles. The largest absolute Gasteiger partial charge is 0.380 e. The Kier molecular flexibility index (Phi) is 4.16. The van der Waals surface area contributed by atoms with Gasteiger partial charge in [0.25, 0.3) is 0 Å². The molecule has 0 aliphatic carbocycles. The highest BCUT2D eigenvalue weighted by Crippen LogP contribution is 2.23. The molecule has 1 aliphatic heterocycles. The number of nitrogens with one attached hydrogen (secondary N) is 2. The number of halogens is 2. The fraction of sp³-hybridized carbons (Fsp3) is 0.417. The molecule has 18 heavy (non-hydrogen) atoms. The molecule has 2 rings (SSSR count). The first kappa shape index (κ1) is 13.3. The summed E-state index contributed by atoms with van der Waals surface area (Å²) in [5.74, 6) is -0.675. The first-order valence-electron chi connectivity index (χ1n) is 5.62. The zero-order chi connectivity index (χ0) is 13.1. The lowest BCUT2D eigenvalue weighted by Crippen LogP contribution is -2.35. The fourth-order valence-electron chi connectivity index (χ4n) is 1.90. The fourth-order valence-corrected chi connectivity index (χ4v) is 2.06. The van der Waals surface area contributed by atoms with Gasteiger partial charge in [0.1, 0.15) is 5.82 Å². The third-order valence-electron chi connectivity index (χ3n) is 2.93. The number of methoxy groups -OCH3 is 1. The van der Waals surface area contributed by atoms with Crippen LogP contribution in [0.2, 0.25) is 5.02 Å². The smallest absolute Gasteiger partial charge is 0.241 e. The molecule has 1 fully saturated rings. The Morgan fingerprint density at radius 2 is 2.39 bits per heavy atom. The van der Waals surface area contributed by atoms with E-state index in [1.165, 1.54) is 18.2 Å². The monoisotopic (exact) mass is 272 g/mol. The number of rotatable bonds is 3. The lowest BCUT2D eigenvalue weighted by molar-refractivity contribution is -0.118. The number of amides is 1. The number of carbonyl (C=O) groups is 1. The van der Waals surface area contributed by atoms with Crippen molar-refractivity contribution in [2.75, 3.05) is 19.0 Å². The van der Waals surface area contributed by atoms with Crippen molar-refractivity contribution in [3.05, 3.63) is 29.0 Å². The Labute approximate surface area is 109 Å². The highest BCUT2D eigenvalue weighted by molar-refractivity contribution is 6.33. The van der Waals surface area contributed by atoms with Gasteiger partial charge in [-0.2, -0.15) is 0 Å². The minimum atomic E-state index is -0.441. The topological polar surface area (TPSA) is 50.4 Å². The standard InChI is InChI=1S/C12H14ClFN2O2/c1-18-8-5-11(15-6-8)12(17)16-10-4-7(14)2-3-9(10)13/h2-4,8,11,15H,5-6H2,1H3,(H,16,17). The molecule has 1 amide bonds. The summed E-state index contributed by atoms with van der Waals surface area (Å²) < 4.78 is 18.2. The molecule has 2 atom stereocenters. The Bertz CT molecular complexity index is 456. The van der Waals surface area contributed by atoms with Crippen molar-refractivity contribution in [2.45, 2.75) is 18.6 Å². The number of hydrogen-bond donors (Lipinski definition) is 2. The van der Waals surface area contributed by atoms with Crippen molar-refractivity contribution < 1.29 is 13.9 Å². The van der Waals surface area contributed by atoms with E-state index in [1.807, 2.05) is 0 Å². The molecule has 0 spiro atoms. The Hall–Kier alpha value is -1.17. The van der Waals surface area contributed by atoms with Gasteiger partial charge in [0.2, 0.25) is 5.91 Å². The quantitative estimate of drug-likeness (QED) is 0.882. The van der Waals surface area contributed by atoms with Gasteiger partial charge in [-0.25, -0.2) is 4.39 Å². The van der Waals surface area contributed by atoms with Gasteiger partial charge in [-0.05, 0) is 24.6 Å². The van der Waals surface area contributed by atoms with Gasteiger partial charge in [0.15, 0.2) is 0 Å². The van der Waals surface area contributed by atoms with Gasteiger partial charge in [0.05, 0.1) is 22.9 Å². The maximum atomic E-state index is 13.0. The molecule has 2 N–H and O–H groups in total. The molecule has 0 saturated carbocycles. The summed E-state index contributed by atoms with van der Waals surface area (Å²) in [5, 5.41) is 5.96. The van der Waals surface area contributed by atoms with E-state index in [2.05, 4.69) is 10.6 Å². The summed E-state index contributed by atoms with van der Waals surface area (Å²) in [4.78, 5) is 11.9. The normalized spacial score (nSPS) is 23.1. The van der Waals surface area contributed by atoms with Crippen LogP contribution in [-0.2, 0) is 9.53 Å². The summed E-state index contributed by atoms with van der Waals surface area (Å²) in [5.41, 5.74) is 0.282. The molecular formula is C12H14ClFN2O2. The molecule has 0 radical (unpaired) electrons. The van der Waals surface area contributed by atoms with Gasteiger partial charge < -0.3 is 15.4 Å². The van der Waals surface area contributed by atoms with Crippen molar-refractivity contribution in [3.63, 3.8) is 0 Å². The average Bonchev–Trinajstić information content (AvgIpc) is 2.82. The molecule has 4 nitrogen and oxygen atoms in total. The average molecular weight is 273 g/mol. The molecule has 1 saturated heterocycles. The van der Waals surface area contributed by atoms with Crippen LogP contribution in [0.5, 0.6) is 0 Å². The molecule has 1 aromatic rings. The van der Waals surface area contributed by atoms with E-state index in [-0.39, 0.29) is 23.7 Å². The Balaban J connectivity index is 2.01. The lowest BCUT2D eigenvalue weighted by Gasteiger charge is -2.12. The lowest BCUT2D eigenvalue weighted by atomic mass is 10.2. The summed E-state index contributed by atoms with van der Waals surface area (Å²) in [7, 11) is 1.61. The molecule has 0 bridgehead atoms. The van der Waals surface area contributed by atoms with Crippen LogP contribution in [-0.4, -0.2) is 31.7 Å². The summed E-state index contributed by atoms with van der Waals surface area (Å²) in [6.45, 7) is 0.630. The van der Waals surface area contributed by atoms with Gasteiger partial charge in [-0.1, -0.05) is 11.6 Å². The van der Waals surface area contributed by atoms with Crippen molar-refractivity contribution in [1.82, 2.24) is 5.32 Å². The van der Waals surface area contributed by atoms with E-state index in [1.54, 1.807) is 7.11 Å². The highest BCUT2D eigenvalue weighted by atomic mass is 35.5. The summed E-state index contributed by atoms with van der Waals surface area (Å²) in [6.07, 6.45) is 0.624. The van der Waals surface area contributed by atoms with E-state index in [9.17, 15) is 9.18 Å². The van der Waals surface area contributed by atoms with Crippen LogP contribution in [0.1, 0.15) is 6.42 Å². The molecule has 1 aromatic carbocycles. The van der Waals surface area contributed by atoms with E-state index in [4.69, 9.17) is 16.3 Å². The SMILES string of the molecule is COC1CNC(C(=O)Nc2cc(F)ccc2Cl)C1. The zero-order valence-corrected chi connectivity index (χ0v) is 10.6. The van der Waals surface area contributed by atoms with E-state index >= 15 is 0 Å². The Morgan fingerprint density at radius 3 is 3.06 bits per heavy atom. The minimum absolute atomic E-state index is 0.0312. The third kappa shape index (κ3) is 2.98. The van der Waals surface area contributed by atoms with Crippen molar-refractivity contribution in [2.24, 2.45) is 0 Å². The summed E-state index contributed by atoms with van der Waals surface area (Å²) >= 11 is 5.88. The molecule has 6 heteroatoms. The third-order valence-corrected chi connectivity index (χ3v) is 3.26. The first-order chi connectivity index (χ1) is 8.60. The van der Waals surface area contributed by atoms with Gasteiger partial charge in [-0.15, -0.1) is 0 Å². The number of hydrogen-bond acceptors (Lipinski definition) is 3.